The maximum Gasteiger partial charge on any atom is 0.336 e. The SMILES string of the molecule is CCc1c(N(CC)C2CCOCC2)cc2oc(CBr)cc2c1C(=O)O. The quantitative estimate of drug-likeness (QED) is 0.706. The normalized spacial score (nSPS) is 15.6. The molecule has 3 rings (SSSR count). The van der Waals surface area contributed by atoms with Gasteiger partial charge in [0, 0.05) is 42.9 Å². The van der Waals surface area contributed by atoms with Gasteiger partial charge in [-0.15, -0.1) is 0 Å². The average molecular weight is 410 g/mol. The molecule has 0 radical (unpaired) electrons. The molecule has 136 valence electrons. The summed E-state index contributed by atoms with van der Waals surface area (Å²) in [5.41, 5.74) is 2.88. The molecule has 1 N–H and O–H groups in total. The first-order chi connectivity index (χ1) is 12.1. The van der Waals surface area contributed by atoms with Gasteiger partial charge in [0.15, 0.2) is 0 Å². The number of hydrogen-bond donors (Lipinski definition) is 1. The largest absolute Gasteiger partial charge is 0.478 e. The molecule has 0 spiro atoms. The molecule has 1 aromatic heterocycles. The molecule has 1 fully saturated rings. The minimum absolute atomic E-state index is 0.369. The van der Waals surface area contributed by atoms with Crippen LogP contribution in [-0.4, -0.2) is 36.9 Å². The molecule has 0 saturated carbocycles. The molecule has 1 aliphatic heterocycles. The molecule has 0 unspecified atom stereocenters. The van der Waals surface area contributed by atoms with Crippen molar-refractivity contribution < 1.29 is 19.1 Å². The third-order valence-corrected chi connectivity index (χ3v) is 5.49. The second-order valence-corrected chi connectivity index (χ2v) is 6.86. The second kappa shape index (κ2) is 7.79. The topological polar surface area (TPSA) is 62.9 Å². The summed E-state index contributed by atoms with van der Waals surface area (Å²) < 4.78 is 11.4. The lowest BCUT2D eigenvalue weighted by atomic mass is 9.96. The average Bonchev–Trinajstić information content (AvgIpc) is 3.04. The second-order valence-electron chi connectivity index (χ2n) is 6.30. The molecule has 2 aromatic rings. The van der Waals surface area contributed by atoms with Gasteiger partial charge in [0.25, 0.3) is 0 Å². The Morgan fingerprint density at radius 2 is 2.04 bits per heavy atom. The molecule has 0 aliphatic carbocycles. The molecule has 1 aromatic carbocycles. The van der Waals surface area contributed by atoms with E-state index in [1.165, 1.54) is 0 Å². The van der Waals surface area contributed by atoms with Crippen LogP contribution in [0.4, 0.5) is 5.69 Å². The zero-order valence-electron chi connectivity index (χ0n) is 14.7. The third-order valence-electron chi connectivity index (χ3n) is 4.94. The molecule has 5 nitrogen and oxygen atoms in total. The monoisotopic (exact) mass is 409 g/mol. The highest BCUT2D eigenvalue weighted by Gasteiger charge is 2.27. The molecule has 1 aliphatic rings. The number of furan rings is 1. The number of carboxylic acid groups (broad SMARTS) is 1. The fraction of sp³-hybridized carbons (Fsp3) is 0.526. The van der Waals surface area contributed by atoms with Crippen LogP contribution in [0.1, 0.15) is 48.4 Å². The number of carbonyl (C=O) groups is 1. The fourth-order valence-corrected chi connectivity index (χ4v) is 4.08. The summed E-state index contributed by atoms with van der Waals surface area (Å²) in [5.74, 6) is -0.153. The minimum atomic E-state index is -0.895. The lowest BCUT2D eigenvalue weighted by Crippen LogP contribution is -2.40. The van der Waals surface area contributed by atoms with E-state index in [1.807, 2.05) is 19.1 Å². The zero-order chi connectivity index (χ0) is 18.0. The molecule has 0 amide bonds. The van der Waals surface area contributed by atoms with Gasteiger partial charge in [0.2, 0.25) is 0 Å². The van der Waals surface area contributed by atoms with Crippen molar-refractivity contribution in [2.24, 2.45) is 0 Å². The number of aromatic carboxylic acids is 1. The maximum absolute atomic E-state index is 12.0. The zero-order valence-corrected chi connectivity index (χ0v) is 16.3. The number of nitrogens with zero attached hydrogens (tertiary/aromatic N) is 1. The number of benzene rings is 1. The first-order valence-corrected chi connectivity index (χ1v) is 9.94. The third kappa shape index (κ3) is 3.42. The summed E-state index contributed by atoms with van der Waals surface area (Å²) in [4.78, 5) is 14.4. The predicted octanol–water partition coefficient (Wildman–Crippen LogP) is 4.59. The van der Waals surface area contributed by atoms with Gasteiger partial charge in [0.05, 0.1) is 10.9 Å². The van der Waals surface area contributed by atoms with E-state index in [-0.39, 0.29) is 0 Å². The van der Waals surface area contributed by atoms with Crippen molar-refractivity contribution in [2.75, 3.05) is 24.7 Å². The Morgan fingerprint density at radius 1 is 1.32 bits per heavy atom. The summed E-state index contributed by atoms with van der Waals surface area (Å²) in [7, 11) is 0. The van der Waals surface area contributed by atoms with Gasteiger partial charge in [-0.05, 0) is 37.8 Å². The van der Waals surface area contributed by atoms with Crippen LogP contribution in [0.25, 0.3) is 11.0 Å². The first-order valence-electron chi connectivity index (χ1n) is 8.82. The molecule has 1 saturated heterocycles. The van der Waals surface area contributed by atoms with Gasteiger partial charge in [-0.3, -0.25) is 0 Å². The van der Waals surface area contributed by atoms with E-state index in [2.05, 4.69) is 27.8 Å². The number of ether oxygens (including phenoxy) is 1. The number of fused-ring (bicyclic) bond motifs is 1. The highest BCUT2D eigenvalue weighted by Crippen LogP contribution is 2.36. The number of halogens is 1. The molecular formula is C19H24BrNO4. The van der Waals surface area contributed by atoms with Crippen molar-refractivity contribution in [1.82, 2.24) is 0 Å². The van der Waals surface area contributed by atoms with Crippen LogP contribution in [0.2, 0.25) is 0 Å². The molecular weight excluding hydrogens is 386 g/mol. The Bertz CT molecular complexity index is 764. The fourth-order valence-electron chi connectivity index (χ4n) is 3.81. The van der Waals surface area contributed by atoms with E-state index >= 15 is 0 Å². The van der Waals surface area contributed by atoms with Crippen molar-refractivity contribution in [3.05, 3.63) is 29.0 Å². The molecule has 0 bridgehead atoms. The van der Waals surface area contributed by atoms with Crippen molar-refractivity contribution in [3.8, 4) is 0 Å². The Morgan fingerprint density at radius 3 is 2.60 bits per heavy atom. The molecule has 25 heavy (non-hydrogen) atoms. The summed E-state index contributed by atoms with van der Waals surface area (Å²) in [6.07, 6.45) is 2.59. The van der Waals surface area contributed by atoms with Crippen LogP contribution in [0, 0.1) is 0 Å². The minimum Gasteiger partial charge on any atom is -0.478 e. The van der Waals surface area contributed by atoms with Crippen molar-refractivity contribution in [3.63, 3.8) is 0 Å². The van der Waals surface area contributed by atoms with E-state index < -0.39 is 5.97 Å². The van der Waals surface area contributed by atoms with Crippen LogP contribution >= 0.6 is 15.9 Å². The van der Waals surface area contributed by atoms with Crippen molar-refractivity contribution in [1.29, 1.82) is 0 Å². The number of hydrogen-bond acceptors (Lipinski definition) is 4. The van der Waals surface area contributed by atoms with Crippen LogP contribution in [0.5, 0.6) is 0 Å². The highest BCUT2D eigenvalue weighted by atomic mass is 79.9. The van der Waals surface area contributed by atoms with Crippen molar-refractivity contribution >= 4 is 38.6 Å². The van der Waals surface area contributed by atoms with Crippen LogP contribution in [0.3, 0.4) is 0 Å². The number of alkyl halides is 1. The lowest BCUT2D eigenvalue weighted by Gasteiger charge is -2.36. The summed E-state index contributed by atoms with van der Waals surface area (Å²) in [6.45, 7) is 6.47. The Labute approximate surface area is 156 Å². The maximum atomic E-state index is 12.0. The van der Waals surface area contributed by atoms with Crippen LogP contribution < -0.4 is 4.90 Å². The lowest BCUT2D eigenvalue weighted by molar-refractivity contribution is 0.0697. The first kappa shape index (κ1) is 18.3. The smallest absolute Gasteiger partial charge is 0.336 e. The number of carboxylic acids is 1. The Balaban J connectivity index is 2.19. The number of rotatable bonds is 6. The predicted molar refractivity (Wildman–Crippen MR) is 102 cm³/mol. The molecule has 0 atom stereocenters. The summed E-state index contributed by atoms with van der Waals surface area (Å²) in [6, 6.07) is 4.22. The standard InChI is InChI=1S/C19H24BrNO4/c1-3-14-16(21(4-2)12-5-7-24-8-6-12)10-17-15(18(14)19(22)23)9-13(11-20)25-17/h9-10,12H,3-8,11H2,1-2H3,(H,22,23). The van der Waals surface area contributed by atoms with Gasteiger partial charge in [-0.2, -0.15) is 0 Å². The van der Waals surface area contributed by atoms with Gasteiger partial charge in [0.1, 0.15) is 11.3 Å². The van der Waals surface area contributed by atoms with Crippen LogP contribution in [0.15, 0.2) is 16.5 Å². The molecule has 6 heteroatoms. The van der Waals surface area contributed by atoms with Gasteiger partial charge in [-0.25, -0.2) is 4.79 Å². The summed E-state index contributed by atoms with van der Waals surface area (Å²) in [5, 5.41) is 11.1. The summed E-state index contributed by atoms with van der Waals surface area (Å²) >= 11 is 3.39. The van der Waals surface area contributed by atoms with Crippen molar-refractivity contribution in [2.45, 2.75) is 44.5 Å². The van der Waals surface area contributed by atoms with E-state index in [0.29, 0.717) is 34.3 Å². The Hall–Kier alpha value is -1.53. The van der Waals surface area contributed by atoms with Crippen LogP contribution in [-0.2, 0) is 16.5 Å². The van der Waals surface area contributed by atoms with Gasteiger partial charge in [-0.1, -0.05) is 22.9 Å². The van der Waals surface area contributed by atoms with E-state index in [4.69, 9.17) is 9.15 Å². The number of anilines is 1. The van der Waals surface area contributed by atoms with Gasteiger partial charge >= 0.3 is 5.97 Å². The highest BCUT2D eigenvalue weighted by molar-refractivity contribution is 9.08. The molecule has 2 heterocycles. The van der Waals surface area contributed by atoms with E-state index in [1.54, 1.807) is 0 Å². The van der Waals surface area contributed by atoms with E-state index in [9.17, 15) is 9.90 Å². The van der Waals surface area contributed by atoms with Gasteiger partial charge < -0.3 is 19.2 Å². The Kier molecular flexibility index (Phi) is 5.69. The van der Waals surface area contributed by atoms with E-state index in [0.717, 1.165) is 49.6 Å².